The zero-order valence-electron chi connectivity index (χ0n) is 12.9. The van der Waals surface area contributed by atoms with Gasteiger partial charge in [0.25, 0.3) is 0 Å². The number of piperazine rings is 1. The van der Waals surface area contributed by atoms with E-state index in [2.05, 4.69) is 10.2 Å². The molecule has 1 saturated carbocycles. The molecule has 1 heterocycles. The van der Waals surface area contributed by atoms with Crippen LogP contribution in [-0.4, -0.2) is 65.7 Å². The Morgan fingerprint density at radius 3 is 2.33 bits per heavy atom. The van der Waals surface area contributed by atoms with E-state index < -0.39 is 5.97 Å². The van der Waals surface area contributed by atoms with Gasteiger partial charge in [0.1, 0.15) is 0 Å². The first-order chi connectivity index (χ1) is 10.1. The van der Waals surface area contributed by atoms with Gasteiger partial charge in [0.05, 0.1) is 5.92 Å². The Kier molecular flexibility index (Phi) is 5.85. The minimum atomic E-state index is -0.757. The van der Waals surface area contributed by atoms with Crippen LogP contribution in [0.15, 0.2) is 0 Å². The predicted molar refractivity (Wildman–Crippen MR) is 80.2 cm³/mol. The molecule has 2 N–H and O–H groups in total. The van der Waals surface area contributed by atoms with Crippen molar-refractivity contribution in [2.75, 3.05) is 32.7 Å². The van der Waals surface area contributed by atoms with Crippen LogP contribution >= 0.6 is 0 Å². The number of urea groups is 1. The topological polar surface area (TPSA) is 72.9 Å². The highest BCUT2D eigenvalue weighted by molar-refractivity contribution is 5.74. The Morgan fingerprint density at radius 2 is 1.76 bits per heavy atom. The van der Waals surface area contributed by atoms with Crippen LogP contribution in [0, 0.1) is 5.92 Å². The Morgan fingerprint density at radius 1 is 1.14 bits per heavy atom. The van der Waals surface area contributed by atoms with E-state index >= 15 is 0 Å². The van der Waals surface area contributed by atoms with Crippen LogP contribution in [0.4, 0.5) is 4.79 Å². The molecule has 120 valence electrons. The van der Waals surface area contributed by atoms with Crippen LogP contribution < -0.4 is 5.32 Å². The number of carbonyl (C=O) groups excluding carboxylic acids is 1. The molecule has 1 saturated heterocycles. The van der Waals surface area contributed by atoms with Crippen molar-refractivity contribution in [1.29, 1.82) is 0 Å². The highest BCUT2D eigenvalue weighted by Crippen LogP contribution is 2.17. The van der Waals surface area contributed by atoms with Crippen LogP contribution in [0.3, 0.4) is 0 Å². The number of hydrogen-bond donors (Lipinski definition) is 2. The second-order valence-electron chi connectivity index (χ2n) is 6.31. The van der Waals surface area contributed by atoms with E-state index in [1.165, 1.54) is 19.3 Å². The number of aliphatic carboxylic acids is 1. The highest BCUT2D eigenvalue weighted by Gasteiger charge is 2.25. The number of carbonyl (C=O) groups is 2. The molecule has 2 aliphatic rings. The van der Waals surface area contributed by atoms with Gasteiger partial charge in [-0.3, -0.25) is 9.69 Å². The first kappa shape index (κ1) is 16.1. The van der Waals surface area contributed by atoms with Crippen molar-refractivity contribution in [3.8, 4) is 0 Å². The molecule has 1 aliphatic heterocycles. The molecule has 21 heavy (non-hydrogen) atoms. The van der Waals surface area contributed by atoms with Crippen LogP contribution in [0.5, 0.6) is 0 Å². The normalized spacial score (nSPS) is 22.8. The molecule has 0 radical (unpaired) electrons. The summed E-state index contributed by atoms with van der Waals surface area (Å²) in [6.45, 7) is 5.18. The van der Waals surface area contributed by atoms with Crippen molar-refractivity contribution >= 4 is 12.0 Å². The van der Waals surface area contributed by atoms with E-state index in [9.17, 15) is 9.59 Å². The van der Waals surface area contributed by atoms with Gasteiger partial charge < -0.3 is 15.3 Å². The number of nitrogens with zero attached hydrogens (tertiary/aromatic N) is 2. The second kappa shape index (κ2) is 7.64. The molecular weight excluding hydrogens is 270 g/mol. The number of carboxylic acids is 1. The van der Waals surface area contributed by atoms with Crippen LogP contribution in [0.2, 0.25) is 0 Å². The van der Waals surface area contributed by atoms with E-state index in [0.29, 0.717) is 25.7 Å². The number of amides is 2. The van der Waals surface area contributed by atoms with Gasteiger partial charge in [-0.1, -0.05) is 26.2 Å². The van der Waals surface area contributed by atoms with Gasteiger partial charge in [0.15, 0.2) is 0 Å². The smallest absolute Gasteiger partial charge is 0.317 e. The fourth-order valence-electron chi connectivity index (χ4n) is 3.11. The van der Waals surface area contributed by atoms with E-state index in [1.54, 1.807) is 6.92 Å². The number of hydrogen-bond acceptors (Lipinski definition) is 3. The fourth-order valence-corrected chi connectivity index (χ4v) is 3.11. The summed E-state index contributed by atoms with van der Waals surface area (Å²) in [5, 5.41) is 12.1. The summed E-state index contributed by atoms with van der Waals surface area (Å²) < 4.78 is 0. The van der Waals surface area contributed by atoms with E-state index in [0.717, 1.165) is 25.9 Å². The molecule has 2 fully saturated rings. The zero-order valence-corrected chi connectivity index (χ0v) is 12.9. The lowest BCUT2D eigenvalue weighted by Gasteiger charge is -2.36. The zero-order chi connectivity index (χ0) is 15.2. The van der Waals surface area contributed by atoms with Crippen molar-refractivity contribution in [2.45, 2.75) is 45.1 Å². The standard InChI is InChI=1S/C15H27N3O3/c1-12(14(19)20)11-17-7-9-18(10-8-17)15(21)16-13-5-3-2-4-6-13/h12-13H,2-11H2,1H3,(H,16,21)(H,19,20). The monoisotopic (exact) mass is 297 g/mol. The Labute approximate surface area is 126 Å². The third-order valence-electron chi connectivity index (χ3n) is 4.55. The maximum atomic E-state index is 12.2. The fraction of sp³-hybridized carbons (Fsp3) is 0.867. The molecule has 0 aromatic rings. The van der Waals surface area contributed by atoms with Gasteiger partial charge in [-0.15, -0.1) is 0 Å². The summed E-state index contributed by atoms with van der Waals surface area (Å²) >= 11 is 0. The summed E-state index contributed by atoms with van der Waals surface area (Å²) in [5.74, 6) is -1.11. The molecule has 0 spiro atoms. The van der Waals surface area contributed by atoms with E-state index in [1.807, 2.05) is 4.90 Å². The average Bonchev–Trinajstić information content (AvgIpc) is 2.48. The maximum Gasteiger partial charge on any atom is 0.317 e. The molecule has 6 heteroatoms. The van der Waals surface area contributed by atoms with Crippen molar-refractivity contribution < 1.29 is 14.7 Å². The summed E-state index contributed by atoms with van der Waals surface area (Å²) in [7, 11) is 0. The van der Waals surface area contributed by atoms with Crippen LogP contribution in [0.25, 0.3) is 0 Å². The van der Waals surface area contributed by atoms with Gasteiger partial charge in [-0.2, -0.15) is 0 Å². The summed E-state index contributed by atoms with van der Waals surface area (Å²) in [6.07, 6.45) is 5.91. The molecule has 6 nitrogen and oxygen atoms in total. The minimum Gasteiger partial charge on any atom is -0.481 e. The molecule has 2 amide bonds. The Hall–Kier alpha value is -1.30. The lowest BCUT2D eigenvalue weighted by molar-refractivity contribution is -0.141. The van der Waals surface area contributed by atoms with Gasteiger partial charge in [0.2, 0.25) is 0 Å². The first-order valence-corrected chi connectivity index (χ1v) is 8.07. The average molecular weight is 297 g/mol. The third-order valence-corrected chi connectivity index (χ3v) is 4.55. The number of nitrogens with one attached hydrogen (secondary N) is 1. The lowest BCUT2D eigenvalue weighted by Crippen LogP contribution is -2.54. The largest absolute Gasteiger partial charge is 0.481 e. The molecular formula is C15H27N3O3. The van der Waals surface area contributed by atoms with E-state index in [4.69, 9.17) is 5.11 Å². The molecule has 2 rings (SSSR count). The third kappa shape index (κ3) is 4.88. The quantitative estimate of drug-likeness (QED) is 0.822. The summed E-state index contributed by atoms with van der Waals surface area (Å²) in [6, 6.07) is 0.393. The predicted octanol–water partition coefficient (Wildman–Crippen LogP) is 1.37. The van der Waals surface area contributed by atoms with Gasteiger partial charge in [0, 0.05) is 38.8 Å². The SMILES string of the molecule is CC(CN1CCN(C(=O)NC2CCCCC2)CC1)C(=O)O. The Bertz CT molecular complexity index is 361. The van der Waals surface area contributed by atoms with Crippen LogP contribution in [0.1, 0.15) is 39.0 Å². The van der Waals surface area contributed by atoms with Crippen molar-refractivity contribution in [2.24, 2.45) is 5.92 Å². The lowest BCUT2D eigenvalue weighted by atomic mass is 9.96. The highest BCUT2D eigenvalue weighted by atomic mass is 16.4. The molecule has 0 bridgehead atoms. The van der Waals surface area contributed by atoms with Gasteiger partial charge in [-0.05, 0) is 12.8 Å². The first-order valence-electron chi connectivity index (χ1n) is 8.07. The van der Waals surface area contributed by atoms with Crippen molar-refractivity contribution in [3.63, 3.8) is 0 Å². The minimum absolute atomic E-state index is 0.0489. The molecule has 1 unspecified atom stereocenters. The van der Waals surface area contributed by atoms with Gasteiger partial charge in [-0.25, -0.2) is 4.79 Å². The number of carboxylic acid groups (broad SMARTS) is 1. The molecule has 0 aromatic carbocycles. The summed E-state index contributed by atoms with van der Waals surface area (Å²) in [5.41, 5.74) is 0. The second-order valence-corrected chi connectivity index (χ2v) is 6.31. The van der Waals surface area contributed by atoms with Crippen molar-refractivity contribution in [3.05, 3.63) is 0 Å². The van der Waals surface area contributed by atoms with Gasteiger partial charge >= 0.3 is 12.0 Å². The van der Waals surface area contributed by atoms with Crippen molar-refractivity contribution in [1.82, 2.24) is 15.1 Å². The van der Waals surface area contributed by atoms with E-state index in [-0.39, 0.29) is 11.9 Å². The number of rotatable bonds is 4. The molecule has 1 atom stereocenters. The maximum absolute atomic E-state index is 12.2. The summed E-state index contributed by atoms with van der Waals surface area (Å²) in [4.78, 5) is 27.1. The molecule has 1 aliphatic carbocycles. The molecule has 0 aromatic heterocycles. The van der Waals surface area contributed by atoms with Crippen LogP contribution in [-0.2, 0) is 4.79 Å². The Balaban J connectivity index is 1.70.